The highest BCUT2D eigenvalue weighted by molar-refractivity contribution is 6.17. The molecule has 1 N–H and O–H groups in total. The number of benzene rings is 1. The number of imidazole rings is 1. The van der Waals surface area contributed by atoms with Crippen molar-refractivity contribution in [1.29, 1.82) is 0 Å². The highest BCUT2D eigenvalue weighted by Crippen LogP contribution is 2.26. The summed E-state index contributed by atoms with van der Waals surface area (Å²) < 4.78 is 7.29. The molecule has 23 heavy (non-hydrogen) atoms. The molecule has 0 spiro atoms. The lowest BCUT2D eigenvalue weighted by atomic mass is 10.1. The summed E-state index contributed by atoms with van der Waals surface area (Å²) in [5.74, 6) is 0.161. The van der Waals surface area contributed by atoms with Gasteiger partial charge < -0.3 is 14.4 Å². The van der Waals surface area contributed by atoms with Gasteiger partial charge in [0.1, 0.15) is 5.75 Å². The molecule has 0 bridgehead atoms. The van der Waals surface area contributed by atoms with Gasteiger partial charge in [-0.25, -0.2) is 9.78 Å². The molecule has 2 aromatic rings. The number of halogens is 1. The van der Waals surface area contributed by atoms with Crippen LogP contribution < -0.4 is 4.74 Å². The van der Waals surface area contributed by atoms with Crippen LogP contribution in [0, 0.1) is 6.92 Å². The second kappa shape index (κ2) is 7.83. The zero-order chi connectivity index (χ0) is 16.8. The molecule has 2 rings (SSSR count). The molecule has 0 aliphatic heterocycles. The Morgan fingerprint density at radius 2 is 2.26 bits per heavy atom. The van der Waals surface area contributed by atoms with Crippen LogP contribution in [0.5, 0.6) is 5.75 Å². The predicted octanol–water partition coefficient (Wildman–Crippen LogP) is 3.68. The topological polar surface area (TPSA) is 64.3 Å². The SMILES string of the molecule is COc1cc(C=C(CCCCl)C(=O)O)ccc1-n1cnc(C)c1. The van der Waals surface area contributed by atoms with Crippen LogP contribution in [-0.4, -0.2) is 33.6 Å². The number of rotatable bonds is 7. The lowest BCUT2D eigenvalue weighted by molar-refractivity contribution is -0.132. The van der Waals surface area contributed by atoms with Crippen LogP contribution in [0.15, 0.2) is 36.3 Å². The fraction of sp³-hybridized carbons (Fsp3) is 0.294. The van der Waals surface area contributed by atoms with Crippen LogP contribution in [-0.2, 0) is 4.79 Å². The van der Waals surface area contributed by atoms with Gasteiger partial charge in [0.15, 0.2) is 0 Å². The molecule has 122 valence electrons. The van der Waals surface area contributed by atoms with Gasteiger partial charge in [-0.3, -0.25) is 0 Å². The van der Waals surface area contributed by atoms with Crippen LogP contribution in [0.25, 0.3) is 11.8 Å². The molecule has 5 nitrogen and oxygen atoms in total. The fourth-order valence-electron chi connectivity index (χ4n) is 2.25. The fourth-order valence-corrected chi connectivity index (χ4v) is 2.38. The largest absolute Gasteiger partial charge is 0.495 e. The van der Waals surface area contributed by atoms with E-state index in [1.54, 1.807) is 19.5 Å². The lowest BCUT2D eigenvalue weighted by Gasteiger charge is -2.10. The minimum Gasteiger partial charge on any atom is -0.495 e. The molecule has 1 aromatic carbocycles. The lowest BCUT2D eigenvalue weighted by Crippen LogP contribution is -2.01. The van der Waals surface area contributed by atoms with E-state index in [-0.39, 0.29) is 0 Å². The molecule has 0 saturated heterocycles. The summed E-state index contributed by atoms with van der Waals surface area (Å²) in [5, 5.41) is 9.27. The molecule has 6 heteroatoms. The molecule has 0 atom stereocenters. The van der Waals surface area contributed by atoms with Crippen LogP contribution in [0.4, 0.5) is 0 Å². The Morgan fingerprint density at radius 1 is 1.48 bits per heavy atom. The van der Waals surface area contributed by atoms with Gasteiger partial charge in [0.05, 0.1) is 24.8 Å². The van der Waals surface area contributed by atoms with Crippen LogP contribution in [0.3, 0.4) is 0 Å². The Labute approximate surface area is 140 Å². The summed E-state index contributed by atoms with van der Waals surface area (Å²) in [4.78, 5) is 15.5. The van der Waals surface area contributed by atoms with Gasteiger partial charge in [-0.15, -0.1) is 11.6 Å². The van der Waals surface area contributed by atoms with Crippen molar-refractivity contribution in [1.82, 2.24) is 9.55 Å². The van der Waals surface area contributed by atoms with E-state index in [1.807, 2.05) is 35.9 Å². The van der Waals surface area contributed by atoms with Gasteiger partial charge >= 0.3 is 5.97 Å². The normalized spacial score (nSPS) is 11.5. The van der Waals surface area contributed by atoms with Gasteiger partial charge in [-0.2, -0.15) is 0 Å². The number of hydrogen-bond donors (Lipinski definition) is 1. The van der Waals surface area contributed by atoms with Crippen molar-refractivity contribution in [3.8, 4) is 11.4 Å². The molecule has 0 amide bonds. The molecular weight excluding hydrogens is 316 g/mol. The summed E-state index contributed by atoms with van der Waals surface area (Å²) in [6, 6.07) is 5.55. The van der Waals surface area contributed by atoms with Gasteiger partial charge in [-0.05, 0) is 43.5 Å². The van der Waals surface area contributed by atoms with Crippen molar-refractivity contribution in [2.75, 3.05) is 13.0 Å². The van der Waals surface area contributed by atoms with E-state index in [9.17, 15) is 9.90 Å². The van der Waals surface area contributed by atoms with E-state index >= 15 is 0 Å². The third kappa shape index (κ3) is 4.36. The number of carboxylic acid groups (broad SMARTS) is 1. The Kier molecular flexibility index (Phi) is 5.82. The molecular formula is C17H19ClN2O3. The van der Waals surface area contributed by atoms with Crippen LogP contribution in [0.1, 0.15) is 24.1 Å². The van der Waals surface area contributed by atoms with Gasteiger partial charge in [0.25, 0.3) is 0 Å². The number of methoxy groups -OCH3 is 1. The van der Waals surface area contributed by atoms with E-state index in [1.165, 1.54) is 0 Å². The van der Waals surface area contributed by atoms with Crippen molar-refractivity contribution in [3.63, 3.8) is 0 Å². The van der Waals surface area contributed by atoms with E-state index < -0.39 is 5.97 Å². The number of nitrogens with zero attached hydrogens (tertiary/aromatic N) is 2. The van der Waals surface area contributed by atoms with Crippen molar-refractivity contribution in [2.24, 2.45) is 0 Å². The third-order valence-corrected chi connectivity index (χ3v) is 3.66. The second-order valence-electron chi connectivity index (χ2n) is 5.12. The summed E-state index contributed by atoms with van der Waals surface area (Å²) in [6.07, 6.45) is 6.33. The maximum Gasteiger partial charge on any atom is 0.331 e. The first-order valence-electron chi connectivity index (χ1n) is 7.24. The van der Waals surface area contributed by atoms with Crippen molar-refractivity contribution in [2.45, 2.75) is 19.8 Å². The summed E-state index contributed by atoms with van der Waals surface area (Å²) in [5.41, 5.74) is 2.86. The van der Waals surface area contributed by atoms with Crippen LogP contribution >= 0.6 is 11.6 Å². The maximum absolute atomic E-state index is 11.3. The minimum atomic E-state index is -0.927. The van der Waals surface area contributed by atoms with E-state index in [4.69, 9.17) is 16.3 Å². The average molecular weight is 335 g/mol. The summed E-state index contributed by atoms with van der Waals surface area (Å²) >= 11 is 5.64. The predicted molar refractivity (Wildman–Crippen MR) is 90.4 cm³/mol. The number of ether oxygens (including phenoxy) is 1. The third-order valence-electron chi connectivity index (χ3n) is 3.39. The smallest absolute Gasteiger partial charge is 0.331 e. The average Bonchev–Trinajstić information content (AvgIpc) is 2.97. The number of carbonyl (C=O) groups is 1. The Balaban J connectivity index is 2.36. The Morgan fingerprint density at radius 3 is 2.83 bits per heavy atom. The molecule has 0 radical (unpaired) electrons. The highest BCUT2D eigenvalue weighted by atomic mass is 35.5. The zero-order valence-electron chi connectivity index (χ0n) is 13.1. The maximum atomic E-state index is 11.3. The number of alkyl halides is 1. The standard InChI is InChI=1S/C17H19ClN2O3/c1-12-10-20(11-19-12)15-6-5-13(9-16(15)23-2)8-14(17(21)22)4-3-7-18/h5-6,8-11H,3-4,7H2,1-2H3,(H,21,22). The number of carboxylic acids is 1. The number of aromatic nitrogens is 2. The Hall–Kier alpha value is -2.27. The van der Waals surface area contributed by atoms with Crippen LogP contribution in [0.2, 0.25) is 0 Å². The van der Waals surface area contributed by atoms with Gasteiger partial charge in [-0.1, -0.05) is 6.07 Å². The molecule has 0 aliphatic carbocycles. The van der Waals surface area contributed by atoms with E-state index in [2.05, 4.69) is 4.98 Å². The highest BCUT2D eigenvalue weighted by Gasteiger charge is 2.10. The van der Waals surface area contributed by atoms with Gasteiger partial charge in [0, 0.05) is 17.6 Å². The summed E-state index contributed by atoms with van der Waals surface area (Å²) in [7, 11) is 1.59. The molecule has 1 heterocycles. The molecule has 0 aliphatic rings. The quantitative estimate of drug-likeness (QED) is 0.619. The Bertz CT molecular complexity index is 722. The van der Waals surface area contributed by atoms with E-state index in [0.717, 1.165) is 16.9 Å². The second-order valence-corrected chi connectivity index (χ2v) is 5.50. The summed E-state index contributed by atoms with van der Waals surface area (Å²) in [6.45, 7) is 1.91. The zero-order valence-corrected chi connectivity index (χ0v) is 13.9. The minimum absolute atomic E-state index is 0.332. The van der Waals surface area contributed by atoms with Gasteiger partial charge in [0.2, 0.25) is 0 Å². The first-order chi connectivity index (χ1) is 11.0. The number of hydrogen-bond acceptors (Lipinski definition) is 3. The van der Waals surface area contributed by atoms with Crippen molar-refractivity contribution in [3.05, 3.63) is 47.6 Å². The van der Waals surface area contributed by atoms with E-state index in [0.29, 0.717) is 30.0 Å². The number of aliphatic carboxylic acids is 1. The van der Waals surface area contributed by atoms with Crippen molar-refractivity contribution >= 4 is 23.6 Å². The molecule has 1 aromatic heterocycles. The first-order valence-corrected chi connectivity index (χ1v) is 7.77. The molecule has 0 saturated carbocycles. The monoisotopic (exact) mass is 334 g/mol. The molecule has 0 fully saturated rings. The number of aryl methyl sites for hydroxylation is 1. The first kappa shape index (κ1) is 17.1. The van der Waals surface area contributed by atoms with Crippen molar-refractivity contribution < 1.29 is 14.6 Å². The molecule has 0 unspecified atom stereocenters.